The van der Waals surface area contributed by atoms with E-state index in [0.29, 0.717) is 13.2 Å². The van der Waals surface area contributed by atoms with Crippen LogP contribution in [-0.4, -0.2) is 22.5 Å². The van der Waals surface area contributed by atoms with Crippen LogP contribution in [-0.2, 0) is 22.5 Å². The van der Waals surface area contributed by atoms with Gasteiger partial charge in [0.15, 0.2) is 5.13 Å². The first-order valence-corrected chi connectivity index (χ1v) is 7.25. The van der Waals surface area contributed by atoms with Crippen molar-refractivity contribution in [2.24, 2.45) is 0 Å². The van der Waals surface area contributed by atoms with Crippen LogP contribution >= 0.6 is 22.7 Å². The lowest BCUT2D eigenvalue weighted by atomic mass is 10.3. The van der Waals surface area contributed by atoms with Gasteiger partial charge in [-0.1, -0.05) is 0 Å². The Morgan fingerprint density at radius 1 is 1.50 bits per heavy atom. The van der Waals surface area contributed by atoms with Crippen LogP contribution in [0.15, 0.2) is 17.1 Å². The van der Waals surface area contributed by atoms with Gasteiger partial charge >= 0.3 is 5.97 Å². The minimum Gasteiger partial charge on any atom is -0.466 e. The molecule has 0 radical (unpaired) electrons. The number of anilines is 1. The Morgan fingerprint density at radius 2 is 2.39 bits per heavy atom. The van der Waals surface area contributed by atoms with Crippen molar-refractivity contribution in [3.63, 3.8) is 0 Å². The third-order valence-corrected chi connectivity index (χ3v) is 3.71. The summed E-state index contributed by atoms with van der Waals surface area (Å²) < 4.78 is 4.87. The van der Waals surface area contributed by atoms with Crippen molar-refractivity contribution in [1.29, 1.82) is 0 Å². The highest BCUT2D eigenvalue weighted by atomic mass is 32.1. The van der Waals surface area contributed by atoms with Crippen LogP contribution < -0.4 is 5.32 Å². The number of nitrogens with one attached hydrogen (secondary N) is 1. The molecule has 0 saturated heterocycles. The molecule has 0 saturated carbocycles. The molecule has 0 spiro atoms. The Balaban J connectivity index is 1.84. The van der Waals surface area contributed by atoms with Gasteiger partial charge in [-0.05, 0) is 6.92 Å². The zero-order valence-corrected chi connectivity index (χ0v) is 11.5. The summed E-state index contributed by atoms with van der Waals surface area (Å²) in [5, 5.41) is 5.87. The molecule has 0 aliphatic heterocycles. The molecule has 2 aromatic heterocycles. The Bertz CT molecular complexity index is 496. The van der Waals surface area contributed by atoms with Crippen molar-refractivity contribution in [1.82, 2.24) is 9.97 Å². The Morgan fingerprint density at radius 3 is 3.11 bits per heavy atom. The maximum absolute atomic E-state index is 11.3. The van der Waals surface area contributed by atoms with Crippen LogP contribution in [0.2, 0.25) is 0 Å². The fraction of sp³-hybridized carbons (Fsp3) is 0.364. The summed E-state index contributed by atoms with van der Waals surface area (Å²) in [6, 6.07) is 0. The number of aromatic nitrogens is 2. The smallest absolute Gasteiger partial charge is 0.311 e. The number of carbonyl (C=O) groups is 1. The summed E-state index contributed by atoms with van der Waals surface area (Å²) >= 11 is 3.08. The number of rotatable bonds is 6. The van der Waals surface area contributed by atoms with Crippen molar-refractivity contribution in [3.05, 3.63) is 27.7 Å². The molecule has 0 fully saturated rings. The van der Waals surface area contributed by atoms with Gasteiger partial charge in [-0.3, -0.25) is 9.78 Å². The van der Waals surface area contributed by atoms with Gasteiger partial charge in [-0.25, -0.2) is 4.98 Å². The van der Waals surface area contributed by atoms with Gasteiger partial charge < -0.3 is 10.1 Å². The zero-order chi connectivity index (χ0) is 12.8. The molecule has 1 N–H and O–H groups in total. The molecule has 2 rings (SSSR count). The zero-order valence-electron chi connectivity index (χ0n) is 9.88. The number of ether oxygens (including phenoxy) is 1. The Kier molecular flexibility index (Phi) is 4.66. The van der Waals surface area contributed by atoms with Gasteiger partial charge in [0.05, 0.1) is 30.8 Å². The predicted octanol–water partition coefficient (Wildman–Crippen LogP) is 2.32. The quantitative estimate of drug-likeness (QED) is 0.824. The van der Waals surface area contributed by atoms with Crippen LogP contribution in [0.5, 0.6) is 0 Å². The van der Waals surface area contributed by atoms with Crippen LogP contribution in [0.4, 0.5) is 5.13 Å². The fourth-order valence-electron chi connectivity index (χ4n) is 1.32. The van der Waals surface area contributed by atoms with E-state index < -0.39 is 0 Å². The van der Waals surface area contributed by atoms with E-state index in [4.69, 9.17) is 4.74 Å². The van der Waals surface area contributed by atoms with E-state index >= 15 is 0 Å². The van der Waals surface area contributed by atoms with E-state index in [1.165, 1.54) is 11.3 Å². The molecule has 0 bridgehead atoms. The summed E-state index contributed by atoms with van der Waals surface area (Å²) in [5.74, 6) is -0.239. The average molecular weight is 283 g/mol. The van der Waals surface area contributed by atoms with Crippen molar-refractivity contribution in [3.8, 4) is 0 Å². The van der Waals surface area contributed by atoms with Crippen molar-refractivity contribution in [2.75, 3.05) is 11.9 Å². The van der Waals surface area contributed by atoms with E-state index in [2.05, 4.69) is 15.3 Å². The van der Waals surface area contributed by atoms with E-state index in [1.54, 1.807) is 23.8 Å². The predicted molar refractivity (Wildman–Crippen MR) is 71.9 cm³/mol. The number of nitrogens with zero attached hydrogens (tertiary/aromatic N) is 2. The molecule has 96 valence electrons. The molecular weight excluding hydrogens is 270 g/mol. The van der Waals surface area contributed by atoms with Crippen LogP contribution in [0.3, 0.4) is 0 Å². The van der Waals surface area contributed by atoms with Gasteiger partial charge in [0.2, 0.25) is 0 Å². The highest BCUT2D eigenvalue weighted by molar-refractivity contribution is 7.13. The van der Waals surface area contributed by atoms with E-state index in [1.807, 2.05) is 11.6 Å². The average Bonchev–Trinajstić information content (AvgIpc) is 2.97. The third-order valence-electron chi connectivity index (χ3n) is 2.08. The number of hydrogen-bond donors (Lipinski definition) is 1. The summed E-state index contributed by atoms with van der Waals surface area (Å²) in [4.78, 5) is 20.8. The summed E-state index contributed by atoms with van der Waals surface area (Å²) in [7, 11) is 0. The van der Waals surface area contributed by atoms with Crippen LogP contribution in [0.1, 0.15) is 17.5 Å². The number of esters is 1. The second-order valence-electron chi connectivity index (χ2n) is 3.45. The minimum absolute atomic E-state index is 0.229. The monoisotopic (exact) mass is 283 g/mol. The van der Waals surface area contributed by atoms with Crippen molar-refractivity contribution in [2.45, 2.75) is 19.9 Å². The lowest BCUT2D eigenvalue weighted by Gasteiger charge is -1.99. The summed E-state index contributed by atoms with van der Waals surface area (Å²) in [6.07, 6.45) is 2.05. The molecule has 0 aromatic carbocycles. The molecule has 18 heavy (non-hydrogen) atoms. The maximum Gasteiger partial charge on any atom is 0.311 e. The van der Waals surface area contributed by atoms with Gasteiger partial charge in [0, 0.05) is 16.5 Å². The molecule has 0 atom stereocenters. The SMILES string of the molecule is CCOC(=O)Cc1csc(NCc2cncs2)n1. The molecule has 2 heterocycles. The Hall–Kier alpha value is -1.47. The largest absolute Gasteiger partial charge is 0.466 e. The first-order valence-electron chi connectivity index (χ1n) is 5.49. The number of hydrogen-bond acceptors (Lipinski definition) is 7. The lowest BCUT2D eigenvalue weighted by Crippen LogP contribution is -2.07. The second-order valence-corrected chi connectivity index (χ2v) is 5.28. The van der Waals surface area contributed by atoms with Gasteiger partial charge in [0.25, 0.3) is 0 Å². The third kappa shape index (κ3) is 3.78. The lowest BCUT2D eigenvalue weighted by molar-refractivity contribution is -0.142. The first-order chi connectivity index (χ1) is 8.78. The fourth-order valence-corrected chi connectivity index (χ4v) is 2.56. The summed E-state index contributed by atoms with van der Waals surface area (Å²) in [6.45, 7) is 2.90. The highest BCUT2D eigenvalue weighted by Gasteiger charge is 2.08. The molecule has 0 amide bonds. The van der Waals surface area contributed by atoms with E-state index in [0.717, 1.165) is 15.7 Å². The maximum atomic E-state index is 11.3. The molecule has 0 aliphatic rings. The van der Waals surface area contributed by atoms with E-state index in [9.17, 15) is 4.79 Å². The molecule has 2 aromatic rings. The molecular formula is C11H13N3O2S2. The van der Waals surface area contributed by atoms with Crippen molar-refractivity contribution >= 4 is 33.8 Å². The normalized spacial score (nSPS) is 10.3. The molecule has 5 nitrogen and oxygen atoms in total. The standard InChI is InChI=1S/C11H13N3O2S2/c1-2-16-10(15)3-8-6-17-11(14-8)13-5-9-4-12-7-18-9/h4,6-7H,2-3,5H2,1H3,(H,13,14). The van der Waals surface area contributed by atoms with Gasteiger partial charge in [-0.15, -0.1) is 22.7 Å². The van der Waals surface area contributed by atoms with E-state index in [-0.39, 0.29) is 12.4 Å². The van der Waals surface area contributed by atoms with Gasteiger partial charge in [0.1, 0.15) is 0 Å². The minimum atomic E-state index is -0.239. The number of carbonyl (C=O) groups excluding carboxylic acids is 1. The summed E-state index contributed by atoms with van der Waals surface area (Å²) in [5.41, 5.74) is 2.54. The van der Waals surface area contributed by atoms with Gasteiger partial charge in [-0.2, -0.15) is 0 Å². The topological polar surface area (TPSA) is 64.1 Å². The first kappa shape index (κ1) is 13.0. The van der Waals surface area contributed by atoms with Crippen molar-refractivity contribution < 1.29 is 9.53 Å². The molecule has 0 aliphatic carbocycles. The molecule has 0 unspecified atom stereocenters. The van der Waals surface area contributed by atoms with Crippen LogP contribution in [0, 0.1) is 0 Å². The van der Waals surface area contributed by atoms with Crippen LogP contribution in [0.25, 0.3) is 0 Å². The second kappa shape index (κ2) is 6.46. The number of thiazole rings is 2. The molecule has 7 heteroatoms. The highest BCUT2D eigenvalue weighted by Crippen LogP contribution is 2.17. The Labute approximate surface area is 113 Å².